The molecule has 0 unspecified atom stereocenters. The minimum Gasteiger partial charge on any atom is -0.497 e. The van der Waals surface area contributed by atoms with E-state index in [1.54, 1.807) is 31.4 Å². The number of amidine groups is 1. The molecule has 5 heteroatoms. The highest BCUT2D eigenvalue weighted by Gasteiger charge is 2.19. The fraction of sp³-hybridized carbons (Fsp3) is 0.333. The first-order chi connectivity index (χ1) is 12.7. The highest BCUT2D eigenvalue weighted by molar-refractivity contribution is 6.31. The van der Waals surface area contributed by atoms with Gasteiger partial charge in [-0.05, 0) is 55.3 Å². The number of benzene rings is 2. The van der Waals surface area contributed by atoms with Gasteiger partial charge in [0.15, 0.2) is 5.78 Å². The van der Waals surface area contributed by atoms with Crippen LogP contribution in [0.4, 0.5) is 5.69 Å². The lowest BCUT2D eigenvalue weighted by atomic mass is 10.1. The van der Waals surface area contributed by atoms with Gasteiger partial charge in [0.25, 0.3) is 0 Å². The SMILES string of the molecule is COc1ccc(C(=O)CN(C2=NCCCCC2)c2cccc(Cl)c2)cc1. The number of hydrogen-bond donors (Lipinski definition) is 0. The molecule has 136 valence electrons. The van der Waals surface area contributed by atoms with E-state index in [1.807, 2.05) is 29.2 Å². The molecule has 0 atom stereocenters. The molecule has 0 radical (unpaired) electrons. The van der Waals surface area contributed by atoms with Gasteiger partial charge in [0.1, 0.15) is 11.6 Å². The molecule has 0 saturated heterocycles. The molecule has 26 heavy (non-hydrogen) atoms. The first-order valence-corrected chi connectivity index (χ1v) is 9.29. The van der Waals surface area contributed by atoms with E-state index in [1.165, 1.54) is 6.42 Å². The van der Waals surface area contributed by atoms with Crippen molar-refractivity contribution >= 4 is 28.9 Å². The summed E-state index contributed by atoms with van der Waals surface area (Å²) in [5, 5.41) is 0.651. The summed E-state index contributed by atoms with van der Waals surface area (Å²) in [5.41, 5.74) is 1.56. The number of ether oxygens (including phenoxy) is 1. The molecule has 0 fully saturated rings. The van der Waals surface area contributed by atoms with Crippen molar-refractivity contribution in [1.82, 2.24) is 0 Å². The molecule has 0 N–H and O–H groups in total. The Balaban J connectivity index is 1.87. The van der Waals surface area contributed by atoms with Crippen LogP contribution in [0.15, 0.2) is 53.5 Å². The summed E-state index contributed by atoms with van der Waals surface area (Å²) in [4.78, 5) is 19.6. The summed E-state index contributed by atoms with van der Waals surface area (Å²) in [6, 6.07) is 14.8. The second-order valence-electron chi connectivity index (χ2n) is 6.33. The van der Waals surface area contributed by atoms with Crippen LogP contribution in [0.3, 0.4) is 0 Å². The Kier molecular flexibility index (Phi) is 6.29. The summed E-state index contributed by atoms with van der Waals surface area (Å²) in [7, 11) is 1.61. The number of rotatable bonds is 5. The lowest BCUT2D eigenvalue weighted by Crippen LogP contribution is -2.36. The van der Waals surface area contributed by atoms with Crippen LogP contribution in [-0.4, -0.2) is 31.8 Å². The molecule has 2 aromatic carbocycles. The maximum Gasteiger partial charge on any atom is 0.182 e. The predicted molar refractivity (Wildman–Crippen MR) is 107 cm³/mol. The van der Waals surface area contributed by atoms with E-state index >= 15 is 0 Å². The van der Waals surface area contributed by atoms with E-state index < -0.39 is 0 Å². The topological polar surface area (TPSA) is 41.9 Å². The third-order valence-electron chi connectivity index (χ3n) is 4.50. The predicted octanol–water partition coefficient (Wildman–Crippen LogP) is 5.01. The molecule has 0 bridgehead atoms. The van der Waals surface area contributed by atoms with Gasteiger partial charge < -0.3 is 9.64 Å². The fourth-order valence-electron chi connectivity index (χ4n) is 3.07. The number of nitrogens with zero attached hydrogens (tertiary/aromatic N) is 2. The number of Topliss-reactive ketones (excluding diaryl/α,β-unsaturated/α-hetero) is 1. The van der Waals surface area contributed by atoms with Crippen molar-refractivity contribution in [1.29, 1.82) is 0 Å². The van der Waals surface area contributed by atoms with Gasteiger partial charge in [-0.2, -0.15) is 0 Å². The zero-order valence-electron chi connectivity index (χ0n) is 15.0. The monoisotopic (exact) mass is 370 g/mol. The zero-order valence-corrected chi connectivity index (χ0v) is 15.7. The van der Waals surface area contributed by atoms with E-state index in [9.17, 15) is 4.79 Å². The molecular formula is C21H23ClN2O2. The maximum atomic E-state index is 12.9. The molecule has 0 aliphatic carbocycles. The number of carbonyl (C=O) groups is 1. The molecule has 3 rings (SSSR count). The van der Waals surface area contributed by atoms with Crippen molar-refractivity contribution < 1.29 is 9.53 Å². The molecule has 4 nitrogen and oxygen atoms in total. The minimum atomic E-state index is 0.0413. The molecule has 1 heterocycles. The molecule has 0 saturated carbocycles. The Morgan fingerprint density at radius 2 is 1.96 bits per heavy atom. The van der Waals surface area contributed by atoms with Gasteiger partial charge in [0, 0.05) is 29.2 Å². The van der Waals surface area contributed by atoms with Gasteiger partial charge in [-0.1, -0.05) is 24.1 Å². The van der Waals surface area contributed by atoms with Gasteiger partial charge in [-0.3, -0.25) is 9.79 Å². The quantitative estimate of drug-likeness (QED) is 0.694. The van der Waals surface area contributed by atoms with Crippen LogP contribution in [0.2, 0.25) is 5.02 Å². The van der Waals surface area contributed by atoms with Crippen molar-refractivity contribution in [2.45, 2.75) is 25.7 Å². The fourth-order valence-corrected chi connectivity index (χ4v) is 3.25. The number of methoxy groups -OCH3 is 1. The van der Waals surface area contributed by atoms with Gasteiger partial charge in [-0.15, -0.1) is 0 Å². The smallest absolute Gasteiger partial charge is 0.182 e. The lowest BCUT2D eigenvalue weighted by molar-refractivity contribution is 0.100. The normalized spacial score (nSPS) is 14.3. The number of ketones is 1. The minimum absolute atomic E-state index is 0.0413. The van der Waals surface area contributed by atoms with E-state index in [-0.39, 0.29) is 12.3 Å². The second kappa shape index (κ2) is 8.86. The van der Waals surface area contributed by atoms with Crippen molar-refractivity contribution in [2.24, 2.45) is 4.99 Å². The van der Waals surface area contributed by atoms with Gasteiger partial charge in [-0.25, -0.2) is 0 Å². The molecule has 1 aliphatic rings. The van der Waals surface area contributed by atoms with Crippen LogP contribution in [0.5, 0.6) is 5.75 Å². The number of aliphatic imine (C=N–C) groups is 1. The third-order valence-corrected chi connectivity index (χ3v) is 4.73. The maximum absolute atomic E-state index is 12.9. The van der Waals surface area contributed by atoms with E-state index in [0.29, 0.717) is 10.6 Å². The third kappa shape index (κ3) is 4.64. The summed E-state index contributed by atoms with van der Waals surface area (Å²) >= 11 is 6.18. The van der Waals surface area contributed by atoms with Crippen LogP contribution in [0.25, 0.3) is 0 Å². The molecule has 2 aromatic rings. The van der Waals surface area contributed by atoms with Gasteiger partial charge >= 0.3 is 0 Å². The first-order valence-electron chi connectivity index (χ1n) is 8.91. The largest absolute Gasteiger partial charge is 0.497 e. The molecular weight excluding hydrogens is 348 g/mol. The number of anilines is 1. The van der Waals surface area contributed by atoms with Gasteiger partial charge in [0.2, 0.25) is 0 Å². The lowest BCUT2D eigenvalue weighted by Gasteiger charge is -2.26. The van der Waals surface area contributed by atoms with Crippen LogP contribution in [0.1, 0.15) is 36.0 Å². The van der Waals surface area contributed by atoms with Crippen LogP contribution in [0, 0.1) is 0 Å². The van der Waals surface area contributed by atoms with E-state index in [0.717, 1.165) is 43.1 Å². The van der Waals surface area contributed by atoms with Crippen molar-refractivity contribution in [3.8, 4) is 5.75 Å². The summed E-state index contributed by atoms with van der Waals surface area (Å²) in [6.45, 7) is 1.05. The van der Waals surface area contributed by atoms with Crippen molar-refractivity contribution in [3.05, 3.63) is 59.1 Å². The van der Waals surface area contributed by atoms with Gasteiger partial charge in [0.05, 0.1) is 13.7 Å². The van der Waals surface area contributed by atoms with Crippen LogP contribution < -0.4 is 9.64 Å². The number of halogens is 1. The Morgan fingerprint density at radius 1 is 1.15 bits per heavy atom. The zero-order chi connectivity index (χ0) is 18.4. The first kappa shape index (κ1) is 18.5. The summed E-state index contributed by atoms with van der Waals surface area (Å²) < 4.78 is 5.17. The Hall–Kier alpha value is -2.33. The van der Waals surface area contributed by atoms with Crippen molar-refractivity contribution in [3.63, 3.8) is 0 Å². The summed E-state index contributed by atoms with van der Waals surface area (Å²) in [5.74, 6) is 1.74. The molecule has 0 spiro atoms. The van der Waals surface area contributed by atoms with Crippen LogP contribution in [-0.2, 0) is 0 Å². The standard InChI is InChI=1S/C21H23ClN2O2/c1-26-19-11-9-16(10-12-19)20(25)15-24(18-7-5-6-17(22)14-18)21-8-3-2-4-13-23-21/h5-7,9-12,14H,2-4,8,13,15H2,1H3. The Bertz CT molecular complexity index is 787. The second-order valence-corrected chi connectivity index (χ2v) is 6.76. The number of hydrogen-bond acceptors (Lipinski definition) is 4. The molecule has 0 amide bonds. The van der Waals surface area contributed by atoms with E-state index in [2.05, 4.69) is 0 Å². The average Bonchev–Trinajstić information content (AvgIpc) is 2.95. The highest BCUT2D eigenvalue weighted by atomic mass is 35.5. The number of carbonyl (C=O) groups excluding carboxylic acids is 1. The highest BCUT2D eigenvalue weighted by Crippen LogP contribution is 2.23. The van der Waals surface area contributed by atoms with Crippen LogP contribution >= 0.6 is 11.6 Å². The molecule has 1 aliphatic heterocycles. The summed E-state index contributed by atoms with van der Waals surface area (Å²) in [6.07, 6.45) is 4.23. The average molecular weight is 371 g/mol. The van der Waals surface area contributed by atoms with E-state index in [4.69, 9.17) is 21.3 Å². The Labute approximate surface area is 159 Å². The Morgan fingerprint density at radius 3 is 2.69 bits per heavy atom. The van der Waals surface area contributed by atoms with Crippen molar-refractivity contribution in [2.75, 3.05) is 25.1 Å². The molecule has 0 aromatic heterocycles.